The average Bonchev–Trinajstić information content (AvgIpc) is 3.37. The molecule has 0 unspecified atom stereocenters. The molecule has 1 fully saturated rings. The SMILES string of the molecule is Cc1cc(NC(=O)CN2CCC(c3nc4cc(Cl)ccc4o3)CC2)n(-c2ccc(F)cc2)n1. The maximum Gasteiger partial charge on any atom is 0.239 e. The van der Waals surface area contributed by atoms with Gasteiger partial charge in [0.15, 0.2) is 11.5 Å². The van der Waals surface area contributed by atoms with Crippen molar-refractivity contribution in [2.24, 2.45) is 0 Å². The minimum Gasteiger partial charge on any atom is -0.440 e. The number of likely N-dealkylation sites (tertiary alicyclic amines) is 1. The second-order valence-electron chi connectivity index (χ2n) is 8.32. The molecule has 1 aliphatic rings. The molecule has 9 heteroatoms. The summed E-state index contributed by atoms with van der Waals surface area (Å²) in [6, 6.07) is 13.2. The number of anilines is 1. The molecule has 2 aromatic heterocycles. The fourth-order valence-corrected chi connectivity index (χ4v) is 4.35. The van der Waals surface area contributed by atoms with Crippen LogP contribution < -0.4 is 5.32 Å². The highest BCUT2D eigenvalue weighted by atomic mass is 35.5. The minimum atomic E-state index is -0.321. The second-order valence-corrected chi connectivity index (χ2v) is 8.76. The number of aryl methyl sites for hydroxylation is 1. The van der Waals surface area contributed by atoms with Gasteiger partial charge in [0, 0.05) is 17.0 Å². The van der Waals surface area contributed by atoms with Gasteiger partial charge in [0.1, 0.15) is 17.2 Å². The third-order valence-electron chi connectivity index (χ3n) is 5.84. The standard InChI is InChI=1S/C24H23ClFN5O2/c1-15-12-22(31(29-15)19-5-3-18(26)4-6-19)28-23(32)14-30-10-8-16(9-11-30)24-27-20-13-17(25)2-7-21(20)33-24/h2-7,12-13,16H,8-11,14H2,1H3,(H,28,32). The molecule has 0 spiro atoms. The van der Waals surface area contributed by atoms with Gasteiger partial charge in [-0.25, -0.2) is 14.1 Å². The summed E-state index contributed by atoms with van der Waals surface area (Å²) in [5.74, 6) is 1.07. The molecule has 0 bridgehead atoms. The van der Waals surface area contributed by atoms with Crippen LogP contribution in [0.15, 0.2) is 52.9 Å². The summed E-state index contributed by atoms with van der Waals surface area (Å²) in [6.07, 6.45) is 1.72. The fraction of sp³-hybridized carbons (Fsp3) is 0.292. The Bertz CT molecular complexity index is 1290. The van der Waals surface area contributed by atoms with E-state index in [-0.39, 0.29) is 24.2 Å². The third kappa shape index (κ3) is 4.77. The first-order valence-corrected chi connectivity index (χ1v) is 11.2. The zero-order chi connectivity index (χ0) is 22.9. The smallest absolute Gasteiger partial charge is 0.239 e. The van der Waals surface area contributed by atoms with Gasteiger partial charge >= 0.3 is 0 Å². The van der Waals surface area contributed by atoms with Crippen molar-refractivity contribution in [1.29, 1.82) is 0 Å². The number of aromatic nitrogens is 3. The third-order valence-corrected chi connectivity index (χ3v) is 6.08. The number of nitrogens with one attached hydrogen (secondary N) is 1. The van der Waals surface area contributed by atoms with Crippen LogP contribution in [0.2, 0.25) is 5.02 Å². The summed E-state index contributed by atoms with van der Waals surface area (Å²) in [5, 5.41) is 8.00. The quantitative estimate of drug-likeness (QED) is 0.450. The van der Waals surface area contributed by atoms with Crippen LogP contribution in [0.3, 0.4) is 0 Å². The van der Waals surface area contributed by atoms with Gasteiger partial charge in [0.2, 0.25) is 5.91 Å². The number of rotatable bonds is 5. The van der Waals surface area contributed by atoms with Gasteiger partial charge in [-0.15, -0.1) is 0 Å². The van der Waals surface area contributed by atoms with E-state index in [1.165, 1.54) is 12.1 Å². The Labute approximate surface area is 195 Å². The average molecular weight is 468 g/mol. The number of carbonyl (C=O) groups is 1. The van der Waals surface area contributed by atoms with E-state index >= 15 is 0 Å². The summed E-state index contributed by atoms with van der Waals surface area (Å²) >= 11 is 6.04. The van der Waals surface area contributed by atoms with Gasteiger partial charge in [-0.05, 0) is 75.3 Å². The fourth-order valence-electron chi connectivity index (χ4n) is 4.18. The van der Waals surface area contributed by atoms with Gasteiger partial charge in [-0.3, -0.25) is 9.69 Å². The van der Waals surface area contributed by atoms with Crippen molar-refractivity contribution >= 4 is 34.4 Å². The molecule has 2 aromatic carbocycles. The van der Waals surface area contributed by atoms with Crippen molar-refractivity contribution in [3.05, 3.63) is 71.0 Å². The molecule has 1 N–H and O–H groups in total. The van der Waals surface area contributed by atoms with Gasteiger partial charge < -0.3 is 9.73 Å². The number of benzene rings is 2. The maximum atomic E-state index is 13.3. The van der Waals surface area contributed by atoms with Crippen LogP contribution in [0.5, 0.6) is 0 Å². The molecular formula is C24H23ClFN5O2. The second kappa shape index (κ2) is 8.96. The van der Waals surface area contributed by atoms with E-state index in [1.54, 1.807) is 28.9 Å². The first-order valence-electron chi connectivity index (χ1n) is 10.9. The van der Waals surface area contributed by atoms with Crippen LogP contribution in [0.1, 0.15) is 30.3 Å². The molecule has 7 nitrogen and oxygen atoms in total. The van der Waals surface area contributed by atoms with Crippen molar-refractivity contribution in [2.45, 2.75) is 25.7 Å². The number of nitrogens with zero attached hydrogens (tertiary/aromatic N) is 4. The lowest BCUT2D eigenvalue weighted by Crippen LogP contribution is -2.39. The molecule has 0 radical (unpaired) electrons. The molecule has 0 saturated carbocycles. The van der Waals surface area contributed by atoms with E-state index in [0.29, 0.717) is 16.5 Å². The summed E-state index contributed by atoms with van der Waals surface area (Å²) in [6.45, 7) is 3.67. The van der Waals surface area contributed by atoms with E-state index < -0.39 is 0 Å². The van der Waals surface area contributed by atoms with E-state index in [9.17, 15) is 9.18 Å². The Morgan fingerprint density at radius 2 is 1.94 bits per heavy atom. The predicted molar refractivity (Wildman–Crippen MR) is 124 cm³/mol. The highest BCUT2D eigenvalue weighted by Crippen LogP contribution is 2.30. The zero-order valence-electron chi connectivity index (χ0n) is 18.1. The van der Waals surface area contributed by atoms with Crippen LogP contribution in [-0.2, 0) is 4.79 Å². The van der Waals surface area contributed by atoms with Gasteiger partial charge in [0.05, 0.1) is 17.9 Å². The number of oxazole rings is 1. The van der Waals surface area contributed by atoms with E-state index in [4.69, 9.17) is 16.0 Å². The first kappa shape index (κ1) is 21.6. The van der Waals surface area contributed by atoms with Crippen LogP contribution >= 0.6 is 11.6 Å². The summed E-state index contributed by atoms with van der Waals surface area (Å²) < 4.78 is 20.8. The van der Waals surface area contributed by atoms with Crippen LogP contribution in [-0.4, -0.2) is 45.2 Å². The van der Waals surface area contributed by atoms with E-state index in [1.807, 2.05) is 19.1 Å². The van der Waals surface area contributed by atoms with Gasteiger partial charge in [-0.1, -0.05) is 11.6 Å². The molecule has 1 amide bonds. The molecule has 4 aromatic rings. The van der Waals surface area contributed by atoms with E-state index in [0.717, 1.165) is 48.6 Å². The Kier molecular flexibility index (Phi) is 5.86. The first-order chi connectivity index (χ1) is 15.9. The number of amides is 1. The topological polar surface area (TPSA) is 76.2 Å². The number of carbonyl (C=O) groups excluding carboxylic acids is 1. The molecule has 5 rings (SSSR count). The number of fused-ring (bicyclic) bond motifs is 1. The van der Waals surface area contributed by atoms with Crippen molar-refractivity contribution in [1.82, 2.24) is 19.7 Å². The lowest BCUT2D eigenvalue weighted by Gasteiger charge is -2.29. The summed E-state index contributed by atoms with van der Waals surface area (Å²) in [7, 11) is 0. The highest BCUT2D eigenvalue weighted by molar-refractivity contribution is 6.31. The number of hydrogen-bond acceptors (Lipinski definition) is 5. The molecule has 0 atom stereocenters. The molecule has 3 heterocycles. The normalized spacial score (nSPS) is 15.2. The summed E-state index contributed by atoms with van der Waals surface area (Å²) in [5.41, 5.74) is 2.95. The molecule has 1 aliphatic heterocycles. The van der Waals surface area contributed by atoms with Crippen LogP contribution in [0.25, 0.3) is 16.8 Å². The Morgan fingerprint density at radius 3 is 2.70 bits per heavy atom. The van der Waals surface area contributed by atoms with Crippen molar-refractivity contribution in [3.8, 4) is 5.69 Å². The lowest BCUT2D eigenvalue weighted by molar-refractivity contribution is -0.117. The van der Waals surface area contributed by atoms with Crippen molar-refractivity contribution < 1.29 is 13.6 Å². The molecule has 1 saturated heterocycles. The number of piperidine rings is 1. The van der Waals surface area contributed by atoms with Crippen molar-refractivity contribution in [2.75, 3.05) is 25.0 Å². The largest absolute Gasteiger partial charge is 0.440 e. The lowest BCUT2D eigenvalue weighted by atomic mass is 9.97. The Morgan fingerprint density at radius 1 is 1.18 bits per heavy atom. The monoisotopic (exact) mass is 467 g/mol. The molecule has 170 valence electrons. The predicted octanol–water partition coefficient (Wildman–Crippen LogP) is 4.93. The summed E-state index contributed by atoms with van der Waals surface area (Å²) in [4.78, 5) is 19.5. The molecular weight excluding hydrogens is 445 g/mol. The molecule has 33 heavy (non-hydrogen) atoms. The van der Waals surface area contributed by atoms with Crippen LogP contribution in [0.4, 0.5) is 10.2 Å². The Hall–Kier alpha value is -3.23. The highest BCUT2D eigenvalue weighted by Gasteiger charge is 2.26. The minimum absolute atomic E-state index is 0.117. The van der Waals surface area contributed by atoms with Crippen molar-refractivity contribution in [3.63, 3.8) is 0 Å². The van der Waals surface area contributed by atoms with E-state index in [2.05, 4.69) is 20.3 Å². The number of hydrogen-bond donors (Lipinski definition) is 1. The zero-order valence-corrected chi connectivity index (χ0v) is 18.8. The maximum absolute atomic E-state index is 13.3. The Balaban J connectivity index is 1.19. The molecule has 0 aliphatic carbocycles. The van der Waals surface area contributed by atoms with Gasteiger partial charge in [0.25, 0.3) is 0 Å². The number of halogens is 2. The van der Waals surface area contributed by atoms with Gasteiger partial charge in [-0.2, -0.15) is 5.10 Å². The van der Waals surface area contributed by atoms with Crippen LogP contribution in [0, 0.1) is 12.7 Å².